The summed E-state index contributed by atoms with van der Waals surface area (Å²) in [6.07, 6.45) is -2.23. The van der Waals surface area contributed by atoms with Crippen LogP contribution < -0.4 is 10.1 Å². The number of nitrogens with zero attached hydrogens (tertiary/aromatic N) is 1. The van der Waals surface area contributed by atoms with Gasteiger partial charge in [-0.3, -0.25) is 4.79 Å². The predicted molar refractivity (Wildman–Crippen MR) is 76.9 cm³/mol. The lowest BCUT2D eigenvalue weighted by Gasteiger charge is -2.14. The maximum Gasteiger partial charge on any atom is 0.422 e. The van der Waals surface area contributed by atoms with E-state index >= 15 is 0 Å². The number of halogens is 5. The standard InChI is InChI=1S/C16H17F5N2O2/c17-15(18,19)8-25-14-6-9(1-2-22-14)7-23-13(24)5-10-3-11-12(4-10)16(11,20)21/h1-2,6,10-12H,3-5,7-8H2,(H,23,24). The first kappa shape index (κ1) is 17.9. The van der Waals surface area contributed by atoms with Crippen LogP contribution in [-0.4, -0.2) is 29.6 Å². The second-order valence-corrected chi connectivity index (χ2v) is 6.61. The van der Waals surface area contributed by atoms with Crippen molar-refractivity contribution in [1.82, 2.24) is 10.3 Å². The Labute approximate surface area is 140 Å². The van der Waals surface area contributed by atoms with Gasteiger partial charge in [0.2, 0.25) is 11.8 Å². The highest BCUT2D eigenvalue weighted by atomic mass is 19.4. The fourth-order valence-electron chi connectivity index (χ4n) is 3.41. The number of ether oxygens (including phenoxy) is 1. The van der Waals surface area contributed by atoms with Crippen LogP contribution in [-0.2, 0) is 11.3 Å². The Kier molecular flexibility index (Phi) is 4.59. The smallest absolute Gasteiger partial charge is 0.422 e. The van der Waals surface area contributed by atoms with Crippen LogP contribution in [0, 0.1) is 17.8 Å². The van der Waals surface area contributed by atoms with E-state index in [1.54, 1.807) is 6.07 Å². The summed E-state index contributed by atoms with van der Waals surface area (Å²) < 4.78 is 67.1. The highest BCUT2D eigenvalue weighted by molar-refractivity contribution is 5.76. The van der Waals surface area contributed by atoms with Crippen LogP contribution in [0.5, 0.6) is 5.88 Å². The Bertz CT molecular complexity index is 636. The van der Waals surface area contributed by atoms with E-state index in [0.717, 1.165) is 0 Å². The van der Waals surface area contributed by atoms with Gasteiger partial charge in [0.05, 0.1) is 0 Å². The first-order valence-electron chi connectivity index (χ1n) is 7.94. The SMILES string of the molecule is O=C(CC1CC2C(C1)C2(F)F)NCc1ccnc(OCC(F)(F)F)c1. The third-order valence-electron chi connectivity index (χ3n) is 4.69. The zero-order valence-electron chi connectivity index (χ0n) is 13.2. The van der Waals surface area contributed by atoms with Crippen LogP contribution in [0.25, 0.3) is 0 Å². The van der Waals surface area contributed by atoms with Gasteiger partial charge in [-0.2, -0.15) is 13.2 Å². The topological polar surface area (TPSA) is 51.2 Å². The highest BCUT2D eigenvalue weighted by Crippen LogP contribution is 2.66. The van der Waals surface area contributed by atoms with Gasteiger partial charge in [-0.15, -0.1) is 0 Å². The van der Waals surface area contributed by atoms with Gasteiger partial charge >= 0.3 is 6.18 Å². The average Bonchev–Trinajstić information content (AvgIpc) is 2.88. The molecular weight excluding hydrogens is 347 g/mol. The Morgan fingerprint density at radius 2 is 2.00 bits per heavy atom. The summed E-state index contributed by atoms with van der Waals surface area (Å²) in [7, 11) is 0. The summed E-state index contributed by atoms with van der Waals surface area (Å²) in [5.41, 5.74) is 0.543. The lowest BCUT2D eigenvalue weighted by Crippen LogP contribution is -2.25. The Hall–Kier alpha value is -1.93. The molecule has 2 fully saturated rings. The monoisotopic (exact) mass is 364 g/mol. The van der Waals surface area contributed by atoms with Crippen LogP contribution in [0.3, 0.4) is 0 Å². The summed E-state index contributed by atoms with van der Waals surface area (Å²) in [5.74, 6) is -4.15. The molecule has 0 aromatic carbocycles. The van der Waals surface area contributed by atoms with Crippen molar-refractivity contribution in [2.45, 2.75) is 37.9 Å². The first-order valence-corrected chi connectivity index (χ1v) is 7.94. The van der Waals surface area contributed by atoms with Crippen LogP contribution >= 0.6 is 0 Å². The molecule has 0 bridgehead atoms. The van der Waals surface area contributed by atoms with E-state index in [0.29, 0.717) is 18.4 Å². The summed E-state index contributed by atoms with van der Waals surface area (Å²) in [6.45, 7) is -1.33. The third kappa shape index (κ3) is 4.38. The van der Waals surface area contributed by atoms with Gasteiger partial charge in [0.1, 0.15) is 0 Å². The Balaban J connectivity index is 1.42. The van der Waals surface area contributed by atoms with Crippen molar-refractivity contribution in [3.8, 4) is 5.88 Å². The van der Waals surface area contributed by atoms with Crippen molar-refractivity contribution in [2.75, 3.05) is 6.61 Å². The predicted octanol–water partition coefficient (Wildman–Crippen LogP) is 3.32. The quantitative estimate of drug-likeness (QED) is 0.788. The number of fused-ring (bicyclic) bond motifs is 1. The fourth-order valence-corrected chi connectivity index (χ4v) is 3.41. The zero-order valence-corrected chi connectivity index (χ0v) is 13.2. The van der Waals surface area contributed by atoms with Crippen molar-refractivity contribution >= 4 is 5.91 Å². The number of carbonyl (C=O) groups is 1. The second kappa shape index (κ2) is 6.42. The number of hydrogen-bond donors (Lipinski definition) is 1. The van der Waals surface area contributed by atoms with Gasteiger partial charge in [-0.25, -0.2) is 13.8 Å². The van der Waals surface area contributed by atoms with Crippen LogP contribution in [0.2, 0.25) is 0 Å². The van der Waals surface area contributed by atoms with Crippen LogP contribution in [0.15, 0.2) is 18.3 Å². The minimum absolute atomic E-state index is 0.0299. The number of carbonyl (C=O) groups excluding carboxylic acids is 1. The Morgan fingerprint density at radius 3 is 2.64 bits per heavy atom. The van der Waals surface area contributed by atoms with Crippen LogP contribution in [0.4, 0.5) is 22.0 Å². The molecule has 0 spiro atoms. The average molecular weight is 364 g/mol. The summed E-state index contributed by atoms with van der Waals surface area (Å²) in [6, 6.07) is 2.86. The van der Waals surface area contributed by atoms with Gasteiger partial charge in [0.25, 0.3) is 5.92 Å². The summed E-state index contributed by atoms with van der Waals surface area (Å²) in [5, 5.41) is 2.64. The van der Waals surface area contributed by atoms with Crippen molar-refractivity contribution in [2.24, 2.45) is 17.8 Å². The molecule has 2 saturated carbocycles. The molecule has 2 aliphatic carbocycles. The zero-order chi connectivity index (χ0) is 18.2. The number of rotatable bonds is 6. The number of amides is 1. The van der Waals surface area contributed by atoms with Gasteiger partial charge < -0.3 is 10.1 Å². The molecule has 25 heavy (non-hydrogen) atoms. The lowest BCUT2D eigenvalue weighted by molar-refractivity contribution is -0.154. The molecule has 0 saturated heterocycles. The van der Waals surface area contributed by atoms with Crippen molar-refractivity contribution in [3.63, 3.8) is 0 Å². The molecule has 2 unspecified atom stereocenters. The fraction of sp³-hybridized carbons (Fsp3) is 0.625. The molecule has 4 nitrogen and oxygen atoms in total. The molecule has 1 heterocycles. The van der Waals surface area contributed by atoms with E-state index in [1.165, 1.54) is 12.3 Å². The first-order chi connectivity index (χ1) is 11.6. The van der Waals surface area contributed by atoms with Crippen molar-refractivity contribution < 1.29 is 31.5 Å². The molecule has 1 N–H and O–H groups in total. The molecule has 1 aromatic heterocycles. The molecule has 2 aliphatic rings. The molecule has 1 amide bonds. The Morgan fingerprint density at radius 1 is 1.32 bits per heavy atom. The van der Waals surface area contributed by atoms with E-state index in [1.807, 2.05) is 0 Å². The minimum Gasteiger partial charge on any atom is -0.468 e. The number of alkyl halides is 5. The van der Waals surface area contributed by atoms with Crippen molar-refractivity contribution in [1.29, 1.82) is 0 Å². The maximum atomic E-state index is 13.1. The summed E-state index contributed by atoms with van der Waals surface area (Å²) >= 11 is 0. The molecule has 2 atom stereocenters. The summed E-state index contributed by atoms with van der Waals surface area (Å²) in [4.78, 5) is 15.6. The van der Waals surface area contributed by atoms with E-state index in [-0.39, 0.29) is 30.7 Å². The second-order valence-electron chi connectivity index (χ2n) is 6.61. The van der Waals surface area contributed by atoms with Crippen LogP contribution in [0.1, 0.15) is 24.8 Å². The number of hydrogen-bond acceptors (Lipinski definition) is 3. The molecule has 0 aliphatic heterocycles. The van der Waals surface area contributed by atoms with E-state index in [9.17, 15) is 26.7 Å². The molecular formula is C16H17F5N2O2. The molecule has 1 aromatic rings. The third-order valence-corrected chi connectivity index (χ3v) is 4.69. The number of pyridine rings is 1. The number of nitrogens with one attached hydrogen (secondary N) is 1. The van der Waals surface area contributed by atoms with E-state index in [2.05, 4.69) is 15.0 Å². The molecule has 3 rings (SSSR count). The van der Waals surface area contributed by atoms with Gasteiger partial charge in [-0.1, -0.05) is 0 Å². The van der Waals surface area contributed by atoms with Crippen molar-refractivity contribution in [3.05, 3.63) is 23.9 Å². The maximum absolute atomic E-state index is 13.1. The van der Waals surface area contributed by atoms with Gasteiger partial charge in [0.15, 0.2) is 6.61 Å². The molecule has 0 radical (unpaired) electrons. The molecule has 9 heteroatoms. The lowest BCUT2D eigenvalue weighted by atomic mass is 9.98. The normalized spacial score (nSPS) is 26.8. The largest absolute Gasteiger partial charge is 0.468 e. The highest BCUT2D eigenvalue weighted by Gasteiger charge is 2.71. The number of aromatic nitrogens is 1. The molecule has 138 valence electrons. The van der Waals surface area contributed by atoms with Gasteiger partial charge in [0, 0.05) is 37.1 Å². The van der Waals surface area contributed by atoms with E-state index in [4.69, 9.17) is 0 Å². The van der Waals surface area contributed by atoms with Gasteiger partial charge in [-0.05, 0) is 30.4 Å². The minimum atomic E-state index is -4.45. The van der Waals surface area contributed by atoms with E-state index < -0.39 is 30.5 Å².